The molecule has 0 spiro atoms. The van der Waals surface area contributed by atoms with Crippen LogP contribution in [-0.2, 0) is 4.79 Å². The molecule has 1 amide bonds. The van der Waals surface area contributed by atoms with Gasteiger partial charge in [0.1, 0.15) is 5.75 Å². The van der Waals surface area contributed by atoms with E-state index < -0.39 is 12.0 Å². The third-order valence-electron chi connectivity index (χ3n) is 1.78. The average molecular weight is 195 g/mol. The standard InChI is InChI=1S/C10H13NO3/c1-2-14-8-6-4-3-5-7(8)9(12)10(11)13/h3-6,9,12H,2H2,1H3,(H2,11,13). The van der Waals surface area contributed by atoms with Crippen molar-refractivity contribution in [3.63, 3.8) is 0 Å². The second-order valence-electron chi connectivity index (χ2n) is 2.78. The summed E-state index contributed by atoms with van der Waals surface area (Å²) in [4.78, 5) is 10.8. The van der Waals surface area contributed by atoms with Gasteiger partial charge in [0, 0.05) is 5.56 Å². The lowest BCUT2D eigenvalue weighted by molar-refractivity contribution is -0.126. The van der Waals surface area contributed by atoms with Crippen LogP contribution in [0, 0.1) is 0 Å². The molecule has 76 valence electrons. The summed E-state index contributed by atoms with van der Waals surface area (Å²) in [5.41, 5.74) is 5.39. The van der Waals surface area contributed by atoms with Crippen LogP contribution in [-0.4, -0.2) is 17.6 Å². The Morgan fingerprint density at radius 1 is 1.57 bits per heavy atom. The molecule has 4 nitrogen and oxygen atoms in total. The molecule has 3 N–H and O–H groups in total. The van der Waals surface area contributed by atoms with Crippen molar-refractivity contribution in [2.45, 2.75) is 13.0 Å². The van der Waals surface area contributed by atoms with Crippen molar-refractivity contribution in [1.82, 2.24) is 0 Å². The van der Waals surface area contributed by atoms with Gasteiger partial charge < -0.3 is 15.6 Å². The van der Waals surface area contributed by atoms with E-state index >= 15 is 0 Å². The van der Waals surface area contributed by atoms with Gasteiger partial charge in [0.2, 0.25) is 0 Å². The van der Waals surface area contributed by atoms with Gasteiger partial charge in [-0.15, -0.1) is 0 Å². The quantitative estimate of drug-likeness (QED) is 0.739. The van der Waals surface area contributed by atoms with E-state index in [1.807, 2.05) is 6.92 Å². The van der Waals surface area contributed by atoms with Gasteiger partial charge >= 0.3 is 0 Å². The molecule has 0 fully saturated rings. The molecule has 1 rings (SSSR count). The van der Waals surface area contributed by atoms with E-state index in [0.717, 1.165) is 0 Å². The zero-order chi connectivity index (χ0) is 10.6. The van der Waals surface area contributed by atoms with Crippen molar-refractivity contribution in [1.29, 1.82) is 0 Å². The molecule has 0 aliphatic heterocycles. The van der Waals surface area contributed by atoms with Crippen molar-refractivity contribution in [3.8, 4) is 5.75 Å². The maximum Gasteiger partial charge on any atom is 0.251 e. The molecule has 1 unspecified atom stereocenters. The van der Waals surface area contributed by atoms with Gasteiger partial charge in [-0.05, 0) is 13.0 Å². The summed E-state index contributed by atoms with van der Waals surface area (Å²) >= 11 is 0. The first-order chi connectivity index (χ1) is 6.66. The molecule has 0 saturated carbocycles. The lowest BCUT2D eigenvalue weighted by Crippen LogP contribution is -2.21. The molecule has 0 bridgehead atoms. The zero-order valence-electron chi connectivity index (χ0n) is 7.93. The molecule has 0 aliphatic carbocycles. The van der Waals surface area contributed by atoms with E-state index in [-0.39, 0.29) is 0 Å². The van der Waals surface area contributed by atoms with E-state index in [9.17, 15) is 9.90 Å². The normalized spacial score (nSPS) is 12.1. The first-order valence-corrected chi connectivity index (χ1v) is 4.36. The van der Waals surface area contributed by atoms with Crippen molar-refractivity contribution < 1.29 is 14.6 Å². The summed E-state index contributed by atoms with van der Waals surface area (Å²) in [5.74, 6) is -0.293. The number of carbonyl (C=O) groups excluding carboxylic acids is 1. The van der Waals surface area contributed by atoms with Crippen LogP contribution in [0.1, 0.15) is 18.6 Å². The predicted molar refractivity (Wildman–Crippen MR) is 51.8 cm³/mol. The monoisotopic (exact) mass is 195 g/mol. The molecule has 0 saturated heterocycles. The third-order valence-corrected chi connectivity index (χ3v) is 1.78. The lowest BCUT2D eigenvalue weighted by Gasteiger charge is -2.12. The maximum atomic E-state index is 10.8. The van der Waals surface area contributed by atoms with E-state index in [2.05, 4.69) is 0 Å². The summed E-state index contributed by atoms with van der Waals surface area (Å²) < 4.78 is 5.24. The van der Waals surface area contributed by atoms with Crippen LogP contribution in [0.5, 0.6) is 5.75 Å². The Labute approximate surface area is 82.3 Å². The largest absolute Gasteiger partial charge is 0.493 e. The van der Waals surface area contributed by atoms with Gasteiger partial charge in [0.15, 0.2) is 6.10 Å². The van der Waals surface area contributed by atoms with Gasteiger partial charge in [-0.1, -0.05) is 18.2 Å². The van der Waals surface area contributed by atoms with Gasteiger partial charge in [0.05, 0.1) is 6.61 Å². The number of amides is 1. The highest BCUT2D eigenvalue weighted by molar-refractivity contribution is 5.80. The Kier molecular flexibility index (Phi) is 3.48. The Balaban J connectivity index is 3.00. The Hall–Kier alpha value is -1.55. The van der Waals surface area contributed by atoms with Crippen molar-refractivity contribution in [2.24, 2.45) is 5.73 Å². The lowest BCUT2D eigenvalue weighted by atomic mass is 10.1. The van der Waals surface area contributed by atoms with Crippen LogP contribution in [0.2, 0.25) is 0 Å². The number of hydrogen-bond donors (Lipinski definition) is 2. The molecule has 4 heteroatoms. The number of benzene rings is 1. The first-order valence-electron chi connectivity index (χ1n) is 4.36. The SMILES string of the molecule is CCOc1ccccc1C(O)C(N)=O. The molecule has 1 atom stereocenters. The Morgan fingerprint density at radius 2 is 2.21 bits per heavy atom. The fraction of sp³-hybridized carbons (Fsp3) is 0.300. The number of primary amides is 1. The topological polar surface area (TPSA) is 72.6 Å². The molecule has 14 heavy (non-hydrogen) atoms. The number of carbonyl (C=O) groups is 1. The minimum atomic E-state index is -1.31. The second kappa shape index (κ2) is 4.62. The molecule has 0 radical (unpaired) electrons. The Bertz CT molecular complexity index is 325. The van der Waals surface area contributed by atoms with Crippen LogP contribution >= 0.6 is 0 Å². The highest BCUT2D eigenvalue weighted by atomic mass is 16.5. The number of aliphatic hydroxyl groups excluding tert-OH is 1. The summed E-state index contributed by atoms with van der Waals surface area (Å²) in [6, 6.07) is 6.78. The molecular formula is C10H13NO3. The van der Waals surface area contributed by atoms with E-state index in [1.165, 1.54) is 0 Å². The maximum absolute atomic E-state index is 10.8. The van der Waals surface area contributed by atoms with Crippen molar-refractivity contribution in [2.75, 3.05) is 6.61 Å². The third kappa shape index (κ3) is 2.23. The average Bonchev–Trinajstić information content (AvgIpc) is 2.18. The number of nitrogens with two attached hydrogens (primary N) is 1. The van der Waals surface area contributed by atoms with Crippen LogP contribution < -0.4 is 10.5 Å². The van der Waals surface area contributed by atoms with Gasteiger partial charge in [-0.2, -0.15) is 0 Å². The summed E-state index contributed by atoms with van der Waals surface area (Å²) in [7, 11) is 0. The highest BCUT2D eigenvalue weighted by Crippen LogP contribution is 2.24. The molecule has 0 heterocycles. The van der Waals surface area contributed by atoms with Crippen molar-refractivity contribution >= 4 is 5.91 Å². The van der Waals surface area contributed by atoms with Crippen LogP contribution in [0.15, 0.2) is 24.3 Å². The minimum absolute atomic E-state index is 0.404. The van der Waals surface area contributed by atoms with E-state index in [1.54, 1.807) is 24.3 Å². The smallest absolute Gasteiger partial charge is 0.251 e. The van der Waals surface area contributed by atoms with E-state index in [0.29, 0.717) is 17.9 Å². The van der Waals surface area contributed by atoms with E-state index in [4.69, 9.17) is 10.5 Å². The van der Waals surface area contributed by atoms with Crippen molar-refractivity contribution in [3.05, 3.63) is 29.8 Å². The van der Waals surface area contributed by atoms with Crippen LogP contribution in [0.4, 0.5) is 0 Å². The second-order valence-corrected chi connectivity index (χ2v) is 2.78. The van der Waals surface area contributed by atoms with Gasteiger partial charge in [-0.25, -0.2) is 0 Å². The summed E-state index contributed by atoms with van der Waals surface area (Å²) in [6.07, 6.45) is -1.31. The summed E-state index contributed by atoms with van der Waals surface area (Å²) in [5, 5.41) is 9.45. The number of para-hydroxylation sites is 1. The first kappa shape index (κ1) is 10.5. The molecular weight excluding hydrogens is 182 g/mol. The minimum Gasteiger partial charge on any atom is -0.493 e. The summed E-state index contributed by atoms with van der Waals surface area (Å²) in [6.45, 7) is 2.30. The van der Waals surface area contributed by atoms with Crippen LogP contribution in [0.3, 0.4) is 0 Å². The fourth-order valence-corrected chi connectivity index (χ4v) is 1.15. The predicted octanol–water partition coefficient (Wildman–Crippen LogP) is 0.604. The highest BCUT2D eigenvalue weighted by Gasteiger charge is 2.17. The number of hydrogen-bond acceptors (Lipinski definition) is 3. The molecule has 1 aromatic rings. The number of rotatable bonds is 4. The molecule has 1 aromatic carbocycles. The van der Waals surface area contributed by atoms with Gasteiger partial charge in [-0.3, -0.25) is 4.79 Å². The fourth-order valence-electron chi connectivity index (χ4n) is 1.15. The van der Waals surface area contributed by atoms with Gasteiger partial charge in [0.25, 0.3) is 5.91 Å². The molecule has 0 aliphatic rings. The Morgan fingerprint density at radius 3 is 2.79 bits per heavy atom. The number of ether oxygens (including phenoxy) is 1. The van der Waals surface area contributed by atoms with Crippen LogP contribution in [0.25, 0.3) is 0 Å². The molecule has 0 aromatic heterocycles. The number of aliphatic hydroxyl groups is 1. The zero-order valence-corrected chi connectivity index (χ0v) is 7.93.